The van der Waals surface area contributed by atoms with Crippen LogP contribution >= 0.6 is 11.3 Å². The lowest BCUT2D eigenvalue weighted by Gasteiger charge is -2.30. The molecular formula is C27H31N5S. The maximum absolute atomic E-state index is 4.80. The van der Waals surface area contributed by atoms with Gasteiger partial charge in [-0.2, -0.15) is 4.98 Å². The fraction of sp³-hybridized carbons (Fsp3) is 0.333. The van der Waals surface area contributed by atoms with E-state index in [2.05, 4.69) is 69.4 Å². The van der Waals surface area contributed by atoms with E-state index in [1.165, 1.54) is 28.8 Å². The SMILES string of the molecule is CN(C)c1nc(NC2CCC(NCc3ccc(-c4cccs4)cc3)CC2)nc2ccccc12. The van der Waals surface area contributed by atoms with Crippen LogP contribution < -0.4 is 15.5 Å². The number of hydrogen-bond acceptors (Lipinski definition) is 6. The number of nitrogens with one attached hydrogen (secondary N) is 2. The van der Waals surface area contributed by atoms with Crippen LogP contribution in [0.25, 0.3) is 21.3 Å². The quantitative estimate of drug-likeness (QED) is 0.360. The molecule has 170 valence electrons. The molecule has 0 radical (unpaired) electrons. The molecule has 2 aromatic carbocycles. The van der Waals surface area contributed by atoms with Gasteiger partial charge in [-0.15, -0.1) is 11.3 Å². The second-order valence-corrected chi connectivity index (χ2v) is 9.98. The lowest BCUT2D eigenvalue weighted by atomic mass is 9.91. The molecule has 1 aliphatic rings. The monoisotopic (exact) mass is 457 g/mol. The summed E-state index contributed by atoms with van der Waals surface area (Å²) in [6, 6.07) is 22.4. The highest BCUT2D eigenvalue weighted by Crippen LogP contribution is 2.27. The summed E-state index contributed by atoms with van der Waals surface area (Å²) < 4.78 is 0. The lowest BCUT2D eigenvalue weighted by molar-refractivity contribution is 0.352. The third-order valence-electron chi connectivity index (χ3n) is 6.42. The minimum atomic E-state index is 0.421. The van der Waals surface area contributed by atoms with Crippen LogP contribution in [0.5, 0.6) is 0 Å². The van der Waals surface area contributed by atoms with Crippen LogP contribution in [0.15, 0.2) is 66.0 Å². The molecule has 6 heteroatoms. The van der Waals surface area contributed by atoms with Crippen molar-refractivity contribution < 1.29 is 0 Å². The molecule has 1 fully saturated rings. The number of hydrogen-bond donors (Lipinski definition) is 2. The van der Waals surface area contributed by atoms with E-state index in [0.29, 0.717) is 12.1 Å². The smallest absolute Gasteiger partial charge is 0.225 e. The van der Waals surface area contributed by atoms with Gasteiger partial charge in [-0.3, -0.25) is 0 Å². The van der Waals surface area contributed by atoms with Crippen LogP contribution in [0.2, 0.25) is 0 Å². The molecule has 1 saturated carbocycles. The highest BCUT2D eigenvalue weighted by molar-refractivity contribution is 7.13. The predicted octanol–water partition coefficient (Wildman–Crippen LogP) is 5.94. The molecular weight excluding hydrogens is 426 g/mol. The van der Waals surface area contributed by atoms with Crippen molar-refractivity contribution in [2.45, 2.75) is 44.3 Å². The zero-order chi connectivity index (χ0) is 22.6. The normalized spacial score (nSPS) is 18.4. The molecule has 0 spiro atoms. The molecule has 0 bridgehead atoms. The zero-order valence-electron chi connectivity index (χ0n) is 19.3. The summed E-state index contributed by atoms with van der Waals surface area (Å²) in [5, 5.41) is 10.6. The second-order valence-electron chi connectivity index (χ2n) is 9.03. The van der Waals surface area contributed by atoms with Crippen LogP contribution in [0.3, 0.4) is 0 Å². The van der Waals surface area contributed by atoms with Crippen molar-refractivity contribution in [1.29, 1.82) is 0 Å². The number of fused-ring (bicyclic) bond motifs is 1. The summed E-state index contributed by atoms with van der Waals surface area (Å²) in [7, 11) is 4.07. The Kier molecular flexibility index (Phi) is 6.55. The largest absolute Gasteiger partial charge is 0.362 e. The van der Waals surface area contributed by atoms with E-state index in [1.54, 1.807) is 11.3 Å². The van der Waals surface area contributed by atoms with Gasteiger partial charge in [0.2, 0.25) is 5.95 Å². The Balaban J connectivity index is 1.14. The molecule has 0 amide bonds. The number of aromatic nitrogens is 2. The topological polar surface area (TPSA) is 53.1 Å². The van der Waals surface area contributed by atoms with E-state index in [9.17, 15) is 0 Å². The molecule has 0 atom stereocenters. The van der Waals surface area contributed by atoms with E-state index >= 15 is 0 Å². The molecule has 2 heterocycles. The first-order valence-corrected chi connectivity index (χ1v) is 12.6. The summed E-state index contributed by atoms with van der Waals surface area (Å²) in [4.78, 5) is 13.0. The second kappa shape index (κ2) is 9.89. The average Bonchev–Trinajstić information content (AvgIpc) is 3.38. The zero-order valence-corrected chi connectivity index (χ0v) is 20.1. The average molecular weight is 458 g/mol. The number of thiophene rings is 1. The third-order valence-corrected chi connectivity index (χ3v) is 7.34. The molecule has 4 aromatic rings. The standard InChI is InChI=1S/C27H31N5S/c1-32(2)26-23-6-3-4-7-24(23)30-27(31-26)29-22-15-13-21(14-16-22)28-18-19-9-11-20(12-10-19)25-8-5-17-33-25/h3-12,17,21-22,28H,13-16,18H2,1-2H3,(H,29,30,31). The maximum Gasteiger partial charge on any atom is 0.225 e. The first-order valence-electron chi connectivity index (χ1n) is 11.7. The number of anilines is 2. The Hall–Kier alpha value is -2.96. The van der Waals surface area contributed by atoms with Crippen molar-refractivity contribution in [3.8, 4) is 10.4 Å². The van der Waals surface area contributed by atoms with Crippen LogP contribution in [0, 0.1) is 0 Å². The maximum atomic E-state index is 4.80. The summed E-state index contributed by atoms with van der Waals surface area (Å²) in [6.07, 6.45) is 4.59. The van der Waals surface area contributed by atoms with Gasteiger partial charge in [0.15, 0.2) is 0 Å². The Morgan fingerprint density at radius 3 is 2.36 bits per heavy atom. The molecule has 5 rings (SSSR count). The first-order chi connectivity index (χ1) is 16.2. The third kappa shape index (κ3) is 5.18. The van der Waals surface area contributed by atoms with Crippen molar-refractivity contribution in [2.75, 3.05) is 24.3 Å². The summed E-state index contributed by atoms with van der Waals surface area (Å²) in [6.45, 7) is 0.924. The Bertz CT molecular complexity index is 1180. The van der Waals surface area contributed by atoms with E-state index in [0.717, 1.165) is 42.1 Å². The number of nitrogens with zero attached hydrogens (tertiary/aromatic N) is 3. The minimum absolute atomic E-state index is 0.421. The van der Waals surface area contributed by atoms with Crippen LogP contribution in [-0.2, 0) is 6.54 Å². The van der Waals surface area contributed by atoms with Crippen molar-refractivity contribution in [1.82, 2.24) is 15.3 Å². The Morgan fingerprint density at radius 2 is 1.64 bits per heavy atom. The van der Waals surface area contributed by atoms with Crippen molar-refractivity contribution >= 4 is 34.0 Å². The van der Waals surface area contributed by atoms with Gasteiger partial charge in [0, 0.05) is 43.0 Å². The van der Waals surface area contributed by atoms with Crippen LogP contribution in [0.4, 0.5) is 11.8 Å². The van der Waals surface area contributed by atoms with Gasteiger partial charge in [-0.05, 0) is 60.4 Å². The molecule has 2 aromatic heterocycles. The van der Waals surface area contributed by atoms with Gasteiger partial charge in [0.25, 0.3) is 0 Å². The number of benzene rings is 2. The van der Waals surface area contributed by atoms with Crippen molar-refractivity contribution in [3.05, 3.63) is 71.6 Å². The molecule has 0 aliphatic heterocycles. The van der Waals surface area contributed by atoms with Gasteiger partial charge >= 0.3 is 0 Å². The highest BCUT2D eigenvalue weighted by Gasteiger charge is 2.22. The van der Waals surface area contributed by atoms with Gasteiger partial charge in [-0.25, -0.2) is 4.98 Å². The Labute approximate surface area is 199 Å². The lowest BCUT2D eigenvalue weighted by Crippen LogP contribution is -2.37. The Morgan fingerprint density at radius 1 is 0.879 bits per heavy atom. The number of para-hydroxylation sites is 1. The minimum Gasteiger partial charge on any atom is -0.362 e. The van der Waals surface area contributed by atoms with E-state index in [4.69, 9.17) is 9.97 Å². The fourth-order valence-electron chi connectivity index (χ4n) is 4.58. The molecule has 5 nitrogen and oxygen atoms in total. The van der Waals surface area contributed by atoms with Crippen molar-refractivity contribution in [2.24, 2.45) is 0 Å². The van der Waals surface area contributed by atoms with E-state index in [1.807, 2.05) is 26.2 Å². The predicted molar refractivity (Wildman–Crippen MR) is 140 cm³/mol. The first kappa shape index (κ1) is 21.9. The highest BCUT2D eigenvalue weighted by atomic mass is 32.1. The van der Waals surface area contributed by atoms with Crippen LogP contribution in [0.1, 0.15) is 31.2 Å². The van der Waals surface area contributed by atoms with Gasteiger partial charge in [0.05, 0.1) is 5.52 Å². The summed E-state index contributed by atoms with van der Waals surface area (Å²) >= 11 is 1.79. The van der Waals surface area contributed by atoms with Crippen molar-refractivity contribution in [3.63, 3.8) is 0 Å². The van der Waals surface area contributed by atoms with Crippen LogP contribution in [-0.4, -0.2) is 36.1 Å². The molecule has 0 unspecified atom stereocenters. The molecule has 33 heavy (non-hydrogen) atoms. The van der Waals surface area contributed by atoms with E-state index in [-0.39, 0.29) is 0 Å². The summed E-state index contributed by atoms with van der Waals surface area (Å²) in [5.41, 5.74) is 3.63. The molecule has 2 N–H and O–H groups in total. The number of rotatable bonds is 7. The van der Waals surface area contributed by atoms with E-state index < -0.39 is 0 Å². The summed E-state index contributed by atoms with van der Waals surface area (Å²) in [5.74, 6) is 1.70. The van der Waals surface area contributed by atoms with Gasteiger partial charge in [-0.1, -0.05) is 42.5 Å². The van der Waals surface area contributed by atoms with Gasteiger partial charge in [0.1, 0.15) is 5.82 Å². The van der Waals surface area contributed by atoms with Gasteiger partial charge < -0.3 is 15.5 Å². The molecule has 0 saturated heterocycles. The molecule has 1 aliphatic carbocycles. The fourth-order valence-corrected chi connectivity index (χ4v) is 5.31.